The first-order chi connectivity index (χ1) is 11.9. The van der Waals surface area contributed by atoms with Gasteiger partial charge in [0.2, 0.25) is 0 Å². The number of nitrogens with zero attached hydrogens (tertiary/aromatic N) is 2. The lowest BCUT2D eigenvalue weighted by Gasteiger charge is -2.34. The first kappa shape index (κ1) is 18.7. The molecule has 2 atom stereocenters. The lowest BCUT2D eigenvalue weighted by molar-refractivity contribution is -0.385. The number of amides is 1. The summed E-state index contributed by atoms with van der Waals surface area (Å²) in [5.74, 6) is -0.160. The maximum atomic E-state index is 12.1. The van der Waals surface area contributed by atoms with Crippen LogP contribution in [-0.2, 0) is 14.3 Å². The predicted octanol–water partition coefficient (Wildman–Crippen LogP) is 2.02. The summed E-state index contributed by atoms with van der Waals surface area (Å²) in [7, 11) is 0. The number of esters is 1. The standard InChI is InChI=1S/C17H22N2O6/c1-12-7-13(2)9-18(8-12)16(20)10-25-17(21)11-24-15-6-4-3-5-14(15)19(22)23/h3-6,12-13H,7-11H2,1-2H3/t12-,13-/m1/s1. The summed E-state index contributed by atoms with van der Waals surface area (Å²) in [6, 6.07) is 5.74. The van der Waals surface area contributed by atoms with Crippen LogP contribution >= 0.6 is 0 Å². The quantitative estimate of drug-likeness (QED) is 0.442. The molecule has 1 fully saturated rings. The van der Waals surface area contributed by atoms with Crippen LogP contribution in [0.5, 0.6) is 5.75 Å². The van der Waals surface area contributed by atoms with Crippen molar-refractivity contribution in [1.82, 2.24) is 4.90 Å². The monoisotopic (exact) mass is 350 g/mol. The van der Waals surface area contributed by atoms with Gasteiger partial charge in [0.25, 0.3) is 5.91 Å². The van der Waals surface area contributed by atoms with Gasteiger partial charge in [-0.25, -0.2) is 4.79 Å². The Labute approximate surface area is 145 Å². The Morgan fingerprint density at radius 2 is 1.84 bits per heavy atom. The van der Waals surface area contributed by atoms with Crippen molar-refractivity contribution < 1.29 is 24.0 Å². The van der Waals surface area contributed by atoms with Gasteiger partial charge in [-0.3, -0.25) is 14.9 Å². The first-order valence-electron chi connectivity index (χ1n) is 8.16. The number of ether oxygens (including phenoxy) is 2. The molecule has 0 saturated carbocycles. The average Bonchev–Trinajstić information content (AvgIpc) is 2.57. The van der Waals surface area contributed by atoms with E-state index in [1.54, 1.807) is 11.0 Å². The number of rotatable bonds is 6. The van der Waals surface area contributed by atoms with Crippen molar-refractivity contribution in [3.63, 3.8) is 0 Å². The zero-order valence-corrected chi connectivity index (χ0v) is 14.3. The van der Waals surface area contributed by atoms with Crippen LogP contribution in [0.1, 0.15) is 20.3 Å². The number of para-hydroxylation sites is 2. The molecule has 25 heavy (non-hydrogen) atoms. The lowest BCUT2D eigenvalue weighted by Crippen LogP contribution is -2.44. The molecule has 1 aliphatic rings. The summed E-state index contributed by atoms with van der Waals surface area (Å²) < 4.78 is 10.1. The van der Waals surface area contributed by atoms with E-state index in [4.69, 9.17) is 9.47 Å². The molecule has 0 aliphatic carbocycles. The van der Waals surface area contributed by atoms with Gasteiger partial charge in [-0.2, -0.15) is 0 Å². The molecule has 0 bridgehead atoms. The second-order valence-corrected chi connectivity index (χ2v) is 6.42. The van der Waals surface area contributed by atoms with E-state index in [2.05, 4.69) is 13.8 Å². The Balaban J connectivity index is 1.79. The Morgan fingerprint density at radius 1 is 1.20 bits per heavy atom. The van der Waals surface area contributed by atoms with E-state index < -0.39 is 17.5 Å². The van der Waals surface area contributed by atoms with Gasteiger partial charge in [-0.15, -0.1) is 0 Å². The molecule has 0 unspecified atom stereocenters. The van der Waals surface area contributed by atoms with Gasteiger partial charge in [0.15, 0.2) is 19.0 Å². The fraction of sp³-hybridized carbons (Fsp3) is 0.529. The van der Waals surface area contributed by atoms with Gasteiger partial charge in [0.05, 0.1) is 4.92 Å². The van der Waals surface area contributed by atoms with Gasteiger partial charge >= 0.3 is 11.7 Å². The van der Waals surface area contributed by atoms with E-state index in [9.17, 15) is 19.7 Å². The molecule has 1 heterocycles. The molecule has 1 saturated heterocycles. The van der Waals surface area contributed by atoms with Crippen LogP contribution < -0.4 is 4.74 Å². The Morgan fingerprint density at radius 3 is 2.48 bits per heavy atom. The third-order valence-electron chi connectivity index (χ3n) is 3.99. The van der Waals surface area contributed by atoms with Crippen molar-refractivity contribution >= 4 is 17.6 Å². The summed E-state index contributed by atoms with van der Waals surface area (Å²) in [6.45, 7) is 4.65. The number of hydrogen-bond donors (Lipinski definition) is 0. The predicted molar refractivity (Wildman–Crippen MR) is 89.1 cm³/mol. The van der Waals surface area contributed by atoms with E-state index in [0.29, 0.717) is 24.9 Å². The molecule has 136 valence electrons. The maximum absolute atomic E-state index is 12.1. The van der Waals surface area contributed by atoms with Gasteiger partial charge in [-0.1, -0.05) is 26.0 Å². The maximum Gasteiger partial charge on any atom is 0.344 e. The van der Waals surface area contributed by atoms with E-state index >= 15 is 0 Å². The molecule has 1 amide bonds. The number of likely N-dealkylation sites (tertiary alicyclic amines) is 1. The average molecular weight is 350 g/mol. The highest BCUT2D eigenvalue weighted by atomic mass is 16.6. The van der Waals surface area contributed by atoms with E-state index in [-0.39, 0.29) is 24.0 Å². The smallest absolute Gasteiger partial charge is 0.344 e. The fourth-order valence-electron chi connectivity index (χ4n) is 3.01. The third kappa shape index (κ3) is 5.44. The molecule has 0 aromatic heterocycles. The van der Waals surface area contributed by atoms with E-state index in [1.807, 2.05) is 0 Å². The summed E-state index contributed by atoms with van der Waals surface area (Å²) in [5.41, 5.74) is -0.234. The molecule has 1 aliphatic heterocycles. The van der Waals surface area contributed by atoms with Crippen molar-refractivity contribution in [3.05, 3.63) is 34.4 Å². The molecular formula is C17H22N2O6. The van der Waals surface area contributed by atoms with Gasteiger partial charge < -0.3 is 14.4 Å². The molecule has 0 spiro atoms. The highest BCUT2D eigenvalue weighted by Crippen LogP contribution is 2.25. The van der Waals surface area contributed by atoms with Crippen LogP contribution in [-0.4, -0.2) is 48.0 Å². The molecule has 0 N–H and O–H groups in total. The zero-order chi connectivity index (χ0) is 18.4. The second-order valence-electron chi connectivity index (χ2n) is 6.42. The molecule has 1 aromatic carbocycles. The summed E-state index contributed by atoms with van der Waals surface area (Å²) in [6.07, 6.45) is 1.08. The Bertz CT molecular complexity index is 638. The van der Waals surface area contributed by atoms with Crippen LogP contribution in [0.25, 0.3) is 0 Å². The normalized spacial score (nSPS) is 20.0. The summed E-state index contributed by atoms with van der Waals surface area (Å²) in [5, 5.41) is 10.9. The van der Waals surface area contributed by atoms with Crippen LogP contribution in [0.4, 0.5) is 5.69 Å². The minimum atomic E-state index is -0.746. The van der Waals surface area contributed by atoms with E-state index in [0.717, 1.165) is 6.42 Å². The number of nitro groups is 1. The van der Waals surface area contributed by atoms with Crippen molar-refractivity contribution in [2.24, 2.45) is 11.8 Å². The van der Waals surface area contributed by atoms with Gasteiger partial charge in [-0.05, 0) is 24.3 Å². The van der Waals surface area contributed by atoms with Gasteiger partial charge in [0, 0.05) is 19.2 Å². The molecule has 0 radical (unpaired) electrons. The molecule has 8 heteroatoms. The third-order valence-corrected chi connectivity index (χ3v) is 3.99. The van der Waals surface area contributed by atoms with Crippen LogP contribution in [0.2, 0.25) is 0 Å². The largest absolute Gasteiger partial charge is 0.475 e. The highest BCUT2D eigenvalue weighted by Gasteiger charge is 2.26. The molecule has 2 rings (SSSR count). The lowest BCUT2D eigenvalue weighted by atomic mass is 9.92. The van der Waals surface area contributed by atoms with Crippen LogP contribution in [0.15, 0.2) is 24.3 Å². The van der Waals surface area contributed by atoms with Crippen LogP contribution in [0.3, 0.4) is 0 Å². The van der Waals surface area contributed by atoms with Gasteiger partial charge in [0.1, 0.15) is 0 Å². The first-order valence-corrected chi connectivity index (χ1v) is 8.16. The molecule has 1 aromatic rings. The number of carbonyl (C=O) groups excluding carboxylic acids is 2. The second kappa shape index (κ2) is 8.46. The SMILES string of the molecule is C[C@@H]1C[C@@H](C)CN(C(=O)COC(=O)COc2ccccc2[N+](=O)[O-])C1. The Hall–Kier alpha value is -2.64. The van der Waals surface area contributed by atoms with E-state index in [1.165, 1.54) is 18.2 Å². The number of nitro benzene ring substituents is 1. The number of hydrogen-bond acceptors (Lipinski definition) is 6. The summed E-state index contributed by atoms with van der Waals surface area (Å²) in [4.78, 5) is 35.8. The van der Waals surface area contributed by atoms with Crippen molar-refractivity contribution in [2.45, 2.75) is 20.3 Å². The fourth-order valence-corrected chi connectivity index (χ4v) is 3.01. The van der Waals surface area contributed by atoms with Crippen molar-refractivity contribution in [3.8, 4) is 5.75 Å². The van der Waals surface area contributed by atoms with Crippen molar-refractivity contribution in [1.29, 1.82) is 0 Å². The number of piperidine rings is 1. The number of carbonyl (C=O) groups is 2. The minimum absolute atomic E-state index is 0.0190. The van der Waals surface area contributed by atoms with Crippen molar-refractivity contribution in [2.75, 3.05) is 26.3 Å². The topological polar surface area (TPSA) is 99.0 Å². The number of benzene rings is 1. The highest BCUT2D eigenvalue weighted by molar-refractivity contribution is 5.81. The minimum Gasteiger partial charge on any atom is -0.475 e. The molecule has 8 nitrogen and oxygen atoms in total. The Kier molecular flexibility index (Phi) is 6.32. The zero-order valence-electron chi connectivity index (χ0n) is 14.3. The summed E-state index contributed by atoms with van der Waals surface area (Å²) >= 11 is 0. The molecular weight excluding hydrogens is 328 g/mol. The van der Waals surface area contributed by atoms with Crippen LogP contribution in [0, 0.1) is 22.0 Å².